The van der Waals surface area contributed by atoms with Crippen LogP contribution in [0.4, 0.5) is 0 Å². The number of benzene rings is 1. The molecule has 0 unspecified atom stereocenters. The zero-order valence-electron chi connectivity index (χ0n) is 21.2. The molecule has 1 aromatic carbocycles. The van der Waals surface area contributed by atoms with Gasteiger partial charge in [0, 0.05) is 29.1 Å². The van der Waals surface area contributed by atoms with Gasteiger partial charge in [0.2, 0.25) is 0 Å². The van der Waals surface area contributed by atoms with Gasteiger partial charge in [0.25, 0.3) is 5.56 Å². The van der Waals surface area contributed by atoms with Crippen LogP contribution in [-0.4, -0.2) is 42.7 Å². The molecule has 9 heteroatoms. The monoisotopic (exact) mass is 490 g/mol. The Kier molecular flexibility index (Phi) is 7.18. The summed E-state index contributed by atoms with van der Waals surface area (Å²) >= 11 is 0. The Morgan fingerprint density at radius 2 is 2.06 bits per heavy atom. The fraction of sp³-hybridized carbons (Fsp3) is 0.481. The summed E-state index contributed by atoms with van der Waals surface area (Å²) in [7, 11) is 0. The molecule has 3 aromatic heterocycles. The molecule has 3 heterocycles. The van der Waals surface area contributed by atoms with E-state index in [1.807, 2.05) is 48.0 Å². The molecule has 1 aliphatic carbocycles. The van der Waals surface area contributed by atoms with E-state index in [1.54, 1.807) is 6.26 Å². The van der Waals surface area contributed by atoms with Gasteiger partial charge in [0.1, 0.15) is 18.1 Å². The van der Waals surface area contributed by atoms with E-state index in [0.29, 0.717) is 25.7 Å². The summed E-state index contributed by atoms with van der Waals surface area (Å²) in [6.45, 7) is 7.93. The maximum atomic E-state index is 13.2. The maximum Gasteiger partial charge on any atom is 0.252 e. The third kappa shape index (κ3) is 5.06. The van der Waals surface area contributed by atoms with Gasteiger partial charge in [0.05, 0.1) is 18.9 Å². The molecule has 0 bridgehead atoms. The van der Waals surface area contributed by atoms with Crippen molar-refractivity contribution in [1.29, 1.82) is 0 Å². The fourth-order valence-electron chi connectivity index (χ4n) is 5.41. The number of fused-ring (bicyclic) bond motifs is 1. The molecule has 190 valence electrons. The predicted molar refractivity (Wildman–Crippen MR) is 137 cm³/mol. The Labute approximate surface area is 210 Å². The number of hydrogen-bond acceptors (Lipinski definition) is 7. The topological polar surface area (TPSA) is 102 Å². The lowest BCUT2D eigenvalue weighted by atomic mass is 9.97. The summed E-state index contributed by atoms with van der Waals surface area (Å²) in [5.74, 6) is 2.63. The van der Waals surface area contributed by atoms with Crippen molar-refractivity contribution in [3.8, 4) is 5.75 Å². The lowest BCUT2D eigenvalue weighted by molar-refractivity contribution is 0.0842. The Bertz CT molecular complexity index is 1340. The quantitative estimate of drug-likeness (QED) is 0.344. The van der Waals surface area contributed by atoms with Crippen LogP contribution >= 0.6 is 0 Å². The van der Waals surface area contributed by atoms with Crippen molar-refractivity contribution in [2.75, 3.05) is 6.61 Å². The molecule has 0 amide bonds. The molecule has 0 radical (unpaired) electrons. The molecule has 1 aliphatic rings. The minimum Gasteiger partial charge on any atom is -0.494 e. The molecular formula is C27H34N6O3. The number of furan rings is 1. The van der Waals surface area contributed by atoms with Gasteiger partial charge in [-0.05, 0) is 72.5 Å². The van der Waals surface area contributed by atoms with Crippen LogP contribution in [-0.2, 0) is 13.1 Å². The number of aromatic nitrogens is 5. The summed E-state index contributed by atoms with van der Waals surface area (Å²) in [5, 5.41) is 13.7. The maximum absolute atomic E-state index is 13.2. The van der Waals surface area contributed by atoms with Crippen molar-refractivity contribution in [3.05, 3.63) is 70.2 Å². The van der Waals surface area contributed by atoms with Crippen LogP contribution in [0.5, 0.6) is 5.75 Å². The molecule has 5 rings (SSSR count). The third-order valence-electron chi connectivity index (χ3n) is 7.05. The highest BCUT2D eigenvalue weighted by Crippen LogP contribution is 2.36. The van der Waals surface area contributed by atoms with E-state index < -0.39 is 0 Å². The van der Waals surface area contributed by atoms with Gasteiger partial charge in [0.15, 0.2) is 5.82 Å². The van der Waals surface area contributed by atoms with E-state index in [-0.39, 0.29) is 17.5 Å². The normalized spacial score (nSPS) is 15.4. The highest BCUT2D eigenvalue weighted by atomic mass is 16.5. The molecule has 9 nitrogen and oxygen atoms in total. The first-order valence-corrected chi connectivity index (χ1v) is 12.9. The summed E-state index contributed by atoms with van der Waals surface area (Å²) < 4.78 is 13.1. The second kappa shape index (κ2) is 10.7. The van der Waals surface area contributed by atoms with Crippen molar-refractivity contribution < 1.29 is 9.15 Å². The van der Waals surface area contributed by atoms with Crippen molar-refractivity contribution in [2.45, 2.75) is 71.6 Å². The number of hydrogen-bond donors (Lipinski definition) is 1. The van der Waals surface area contributed by atoms with E-state index in [2.05, 4.69) is 39.3 Å². The van der Waals surface area contributed by atoms with Crippen molar-refractivity contribution in [2.24, 2.45) is 5.92 Å². The molecule has 36 heavy (non-hydrogen) atoms. The first kappa shape index (κ1) is 24.2. The Hall–Kier alpha value is -3.46. The number of aromatic amines is 1. The zero-order valence-corrected chi connectivity index (χ0v) is 21.2. The van der Waals surface area contributed by atoms with Crippen molar-refractivity contribution >= 4 is 10.9 Å². The van der Waals surface area contributed by atoms with Gasteiger partial charge in [-0.1, -0.05) is 26.7 Å². The first-order valence-electron chi connectivity index (χ1n) is 12.9. The molecule has 0 aliphatic heterocycles. The van der Waals surface area contributed by atoms with Crippen LogP contribution in [0.15, 0.2) is 51.9 Å². The van der Waals surface area contributed by atoms with E-state index in [4.69, 9.17) is 9.15 Å². The van der Waals surface area contributed by atoms with Gasteiger partial charge in [-0.15, -0.1) is 5.10 Å². The summed E-state index contributed by atoms with van der Waals surface area (Å²) in [5.41, 5.74) is 1.48. The third-order valence-corrected chi connectivity index (χ3v) is 7.05. The summed E-state index contributed by atoms with van der Waals surface area (Å²) in [6, 6.07) is 11.9. The Balaban J connectivity index is 1.52. The molecule has 1 fully saturated rings. The fourth-order valence-corrected chi connectivity index (χ4v) is 5.41. The van der Waals surface area contributed by atoms with Gasteiger partial charge in [-0.25, -0.2) is 4.68 Å². The van der Waals surface area contributed by atoms with Gasteiger partial charge >= 0.3 is 0 Å². The second-order valence-corrected chi connectivity index (χ2v) is 9.88. The minimum absolute atomic E-state index is 0.0529. The molecule has 1 N–H and O–H groups in total. The van der Waals surface area contributed by atoms with Gasteiger partial charge < -0.3 is 14.1 Å². The smallest absolute Gasteiger partial charge is 0.252 e. The number of nitrogens with zero attached hydrogens (tertiary/aromatic N) is 5. The Morgan fingerprint density at radius 3 is 2.78 bits per heavy atom. The highest BCUT2D eigenvalue weighted by Gasteiger charge is 2.35. The van der Waals surface area contributed by atoms with Crippen LogP contribution in [0.3, 0.4) is 0 Å². The standard InChI is InChI=1S/C27H34N6O3/c1-4-35-22-11-12-24-19(15-22)14-20(27(34)28-24)16-32(21-8-5-6-9-21)25(18(2)3)26-29-30-31-33(26)17-23-10-7-13-36-23/h7,10-15,18,21,25H,4-6,8-9,16-17H2,1-3H3,(H,28,34)/t25-/m0/s1. The van der Waals surface area contributed by atoms with Gasteiger partial charge in [-0.2, -0.15) is 0 Å². The zero-order chi connectivity index (χ0) is 25.1. The SMILES string of the molecule is CCOc1ccc2[nH]c(=O)c(CN(C3CCCC3)[C@H](c3nnnn3Cc3ccco3)C(C)C)cc2c1. The highest BCUT2D eigenvalue weighted by molar-refractivity contribution is 5.80. The van der Waals surface area contributed by atoms with Crippen LogP contribution in [0, 0.1) is 5.92 Å². The Morgan fingerprint density at radius 1 is 1.22 bits per heavy atom. The molecule has 4 aromatic rings. The van der Waals surface area contributed by atoms with Crippen molar-refractivity contribution in [3.63, 3.8) is 0 Å². The van der Waals surface area contributed by atoms with E-state index in [9.17, 15) is 4.79 Å². The largest absolute Gasteiger partial charge is 0.494 e. The summed E-state index contributed by atoms with van der Waals surface area (Å²) in [4.78, 5) is 18.7. The molecule has 0 saturated heterocycles. The molecule has 1 atom stereocenters. The molecule has 0 spiro atoms. The average molecular weight is 491 g/mol. The number of rotatable bonds is 10. The molecule has 1 saturated carbocycles. The second-order valence-electron chi connectivity index (χ2n) is 9.88. The number of ether oxygens (including phenoxy) is 1. The number of H-pyrrole nitrogens is 1. The van der Waals surface area contributed by atoms with E-state index in [1.165, 1.54) is 12.8 Å². The number of tetrazole rings is 1. The summed E-state index contributed by atoms with van der Waals surface area (Å²) in [6.07, 6.45) is 6.24. The van der Waals surface area contributed by atoms with E-state index in [0.717, 1.165) is 46.6 Å². The average Bonchev–Trinajstić information content (AvgIpc) is 3.64. The first-order chi connectivity index (χ1) is 17.5. The van der Waals surface area contributed by atoms with Gasteiger partial charge in [-0.3, -0.25) is 9.69 Å². The van der Waals surface area contributed by atoms with Crippen LogP contribution in [0.1, 0.15) is 69.6 Å². The van der Waals surface area contributed by atoms with Crippen LogP contribution in [0.2, 0.25) is 0 Å². The number of pyridine rings is 1. The van der Waals surface area contributed by atoms with Crippen LogP contribution in [0.25, 0.3) is 10.9 Å². The van der Waals surface area contributed by atoms with Crippen LogP contribution < -0.4 is 10.3 Å². The minimum atomic E-state index is -0.0626. The predicted octanol–water partition coefficient (Wildman–Crippen LogP) is 4.70. The van der Waals surface area contributed by atoms with Crippen molar-refractivity contribution in [1.82, 2.24) is 30.1 Å². The molecular weight excluding hydrogens is 456 g/mol. The van der Waals surface area contributed by atoms with E-state index >= 15 is 0 Å². The number of nitrogens with one attached hydrogen (secondary N) is 1. The lowest BCUT2D eigenvalue weighted by Crippen LogP contribution is -2.41. The lowest BCUT2D eigenvalue weighted by Gasteiger charge is -2.37.